The number of piperidine rings is 1. The molecular weight excluding hydrogens is 240 g/mol. The summed E-state index contributed by atoms with van der Waals surface area (Å²) < 4.78 is 0. The topological polar surface area (TPSA) is 61.0 Å². The zero-order valence-corrected chi connectivity index (χ0v) is 11.1. The number of carbonyl (C=O) groups excluding carboxylic acids is 1. The number of H-pyrrole nitrogens is 1. The Labute approximate surface area is 113 Å². The summed E-state index contributed by atoms with van der Waals surface area (Å²) in [5.41, 5.74) is 2.78. The van der Waals surface area contributed by atoms with Crippen molar-refractivity contribution in [1.82, 2.24) is 20.4 Å². The predicted octanol–water partition coefficient (Wildman–Crippen LogP) is 1.09. The summed E-state index contributed by atoms with van der Waals surface area (Å²) in [5.74, 6) is 0.627. The molecule has 1 aromatic rings. The van der Waals surface area contributed by atoms with Crippen molar-refractivity contribution >= 4 is 5.91 Å². The minimum atomic E-state index is 0.0729. The summed E-state index contributed by atoms with van der Waals surface area (Å²) in [6.07, 6.45) is 4.95. The summed E-state index contributed by atoms with van der Waals surface area (Å²) >= 11 is 0. The van der Waals surface area contributed by atoms with Gasteiger partial charge in [0.15, 0.2) is 5.69 Å². The molecule has 0 bridgehead atoms. The van der Waals surface area contributed by atoms with Crippen molar-refractivity contribution < 1.29 is 4.79 Å². The molecule has 0 spiro atoms. The molecule has 0 atom stereocenters. The Morgan fingerprint density at radius 3 is 2.95 bits per heavy atom. The average Bonchev–Trinajstić information content (AvgIpc) is 2.90. The third-order valence-corrected chi connectivity index (χ3v) is 4.17. The Kier molecular flexibility index (Phi) is 3.38. The summed E-state index contributed by atoms with van der Waals surface area (Å²) in [7, 11) is 0. The first-order valence-corrected chi connectivity index (χ1v) is 6.98. The molecule has 0 unspecified atom stereocenters. The largest absolute Gasteiger partial charge is 0.337 e. The Morgan fingerprint density at radius 2 is 2.21 bits per heavy atom. The first-order chi connectivity index (χ1) is 9.29. The number of nitrogens with one attached hydrogen (secondary N) is 2. The molecule has 1 fully saturated rings. The van der Waals surface area contributed by atoms with E-state index in [1.54, 1.807) is 0 Å². The van der Waals surface area contributed by atoms with E-state index < -0.39 is 0 Å². The van der Waals surface area contributed by atoms with Crippen LogP contribution in [0, 0.1) is 5.92 Å². The van der Waals surface area contributed by atoms with Crippen LogP contribution in [0.15, 0.2) is 12.7 Å². The monoisotopic (exact) mass is 260 g/mol. The van der Waals surface area contributed by atoms with E-state index in [-0.39, 0.29) is 5.91 Å². The highest BCUT2D eigenvalue weighted by Gasteiger charge is 2.27. The van der Waals surface area contributed by atoms with Gasteiger partial charge < -0.3 is 10.2 Å². The molecule has 1 aromatic heterocycles. The number of likely N-dealkylation sites (tertiary alicyclic amines) is 1. The van der Waals surface area contributed by atoms with Crippen LogP contribution in [0.3, 0.4) is 0 Å². The number of hydrogen-bond acceptors (Lipinski definition) is 3. The maximum Gasteiger partial charge on any atom is 0.274 e. The molecule has 2 aliphatic rings. The van der Waals surface area contributed by atoms with Gasteiger partial charge in [-0.15, -0.1) is 6.58 Å². The maximum atomic E-state index is 12.5. The standard InChI is InChI=1S/C14H20N4O/c1-2-10-4-7-18(8-5-10)14(19)13-11-9-15-6-3-12(11)16-17-13/h2,10,15H,1,3-9H2,(H,16,17). The van der Waals surface area contributed by atoms with E-state index in [1.165, 1.54) is 0 Å². The fourth-order valence-electron chi connectivity index (χ4n) is 2.89. The van der Waals surface area contributed by atoms with Crippen molar-refractivity contribution in [2.24, 2.45) is 5.92 Å². The Bertz CT molecular complexity index is 486. The molecule has 2 aliphatic heterocycles. The van der Waals surface area contributed by atoms with Gasteiger partial charge in [0.05, 0.1) is 0 Å². The van der Waals surface area contributed by atoms with Crippen LogP contribution in [0.4, 0.5) is 0 Å². The fourth-order valence-corrected chi connectivity index (χ4v) is 2.89. The third-order valence-electron chi connectivity index (χ3n) is 4.17. The number of rotatable bonds is 2. The highest BCUT2D eigenvalue weighted by molar-refractivity contribution is 5.94. The van der Waals surface area contributed by atoms with Gasteiger partial charge in [-0.2, -0.15) is 5.10 Å². The average molecular weight is 260 g/mol. The molecular formula is C14H20N4O. The molecule has 102 valence electrons. The molecule has 1 amide bonds. The predicted molar refractivity (Wildman–Crippen MR) is 72.8 cm³/mol. The van der Waals surface area contributed by atoms with E-state index >= 15 is 0 Å². The van der Waals surface area contributed by atoms with Gasteiger partial charge in [-0.1, -0.05) is 6.08 Å². The number of carbonyl (C=O) groups is 1. The van der Waals surface area contributed by atoms with Crippen LogP contribution in [0.1, 0.15) is 34.6 Å². The summed E-state index contributed by atoms with van der Waals surface area (Å²) in [6.45, 7) is 7.15. The van der Waals surface area contributed by atoms with Crippen LogP contribution in [-0.2, 0) is 13.0 Å². The van der Waals surface area contributed by atoms with Gasteiger partial charge in [0.2, 0.25) is 0 Å². The van der Waals surface area contributed by atoms with Crippen LogP contribution in [0.5, 0.6) is 0 Å². The Hall–Kier alpha value is -1.62. The Morgan fingerprint density at radius 1 is 1.42 bits per heavy atom. The lowest BCUT2D eigenvalue weighted by atomic mass is 9.96. The summed E-state index contributed by atoms with van der Waals surface area (Å²) in [6, 6.07) is 0. The van der Waals surface area contributed by atoms with E-state index in [9.17, 15) is 4.79 Å². The van der Waals surface area contributed by atoms with Crippen molar-refractivity contribution in [2.75, 3.05) is 19.6 Å². The van der Waals surface area contributed by atoms with Gasteiger partial charge in [0.1, 0.15) is 0 Å². The van der Waals surface area contributed by atoms with Crippen molar-refractivity contribution in [3.63, 3.8) is 0 Å². The first-order valence-electron chi connectivity index (χ1n) is 6.98. The summed E-state index contributed by atoms with van der Waals surface area (Å²) in [5, 5.41) is 10.5. The molecule has 0 aromatic carbocycles. The van der Waals surface area contributed by atoms with Gasteiger partial charge in [0, 0.05) is 43.9 Å². The van der Waals surface area contributed by atoms with Gasteiger partial charge in [-0.25, -0.2) is 0 Å². The second-order valence-corrected chi connectivity index (χ2v) is 5.32. The molecule has 3 rings (SSSR count). The van der Waals surface area contributed by atoms with Crippen LogP contribution < -0.4 is 5.32 Å². The van der Waals surface area contributed by atoms with Crippen LogP contribution in [0.25, 0.3) is 0 Å². The molecule has 2 N–H and O–H groups in total. The van der Waals surface area contributed by atoms with E-state index in [0.29, 0.717) is 11.6 Å². The number of nitrogens with zero attached hydrogens (tertiary/aromatic N) is 2. The quantitative estimate of drug-likeness (QED) is 0.783. The fraction of sp³-hybridized carbons (Fsp3) is 0.571. The number of fused-ring (bicyclic) bond motifs is 1. The number of hydrogen-bond donors (Lipinski definition) is 2. The van der Waals surface area contributed by atoms with E-state index in [0.717, 1.165) is 56.7 Å². The zero-order chi connectivity index (χ0) is 13.2. The van der Waals surface area contributed by atoms with Crippen molar-refractivity contribution in [2.45, 2.75) is 25.8 Å². The maximum absolute atomic E-state index is 12.5. The van der Waals surface area contributed by atoms with Gasteiger partial charge in [0.25, 0.3) is 5.91 Å². The SMILES string of the molecule is C=CC1CCN(C(=O)c2n[nH]c3c2CNCC3)CC1. The summed E-state index contributed by atoms with van der Waals surface area (Å²) in [4.78, 5) is 14.4. The molecule has 19 heavy (non-hydrogen) atoms. The van der Waals surface area contributed by atoms with Crippen molar-refractivity contribution in [3.8, 4) is 0 Å². The van der Waals surface area contributed by atoms with Crippen molar-refractivity contribution in [3.05, 3.63) is 29.6 Å². The van der Waals surface area contributed by atoms with E-state index in [1.807, 2.05) is 11.0 Å². The number of aromatic nitrogens is 2. The highest BCUT2D eigenvalue weighted by Crippen LogP contribution is 2.22. The second kappa shape index (κ2) is 5.17. The smallest absolute Gasteiger partial charge is 0.274 e. The molecule has 3 heterocycles. The normalized spacial score (nSPS) is 20.1. The Balaban J connectivity index is 1.74. The molecule has 1 saturated heterocycles. The number of aromatic amines is 1. The minimum absolute atomic E-state index is 0.0729. The lowest BCUT2D eigenvalue weighted by Gasteiger charge is -2.30. The molecule has 0 radical (unpaired) electrons. The second-order valence-electron chi connectivity index (χ2n) is 5.32. The van der Waals surface area contributed by atoms with Crippen LogP contribution >= 0.6 is 0 Å². The molecule has 0 aliphatic carbocycles. The first kappa shape index (κ1) is 12.4. The lowest BCUT2D eigenvalue weighted by molar-refractivity contribution is 0.0698. The lowest BCUT2D eigenvalue weighted by Crippen LogP contribution is -2.39. The molecule has 0 saturated carbocycles. The zero-order valence-electron chi connectivity index (χ0n) is 11.1. The van der Waals surface area contributed by atoms with Crippen LogP contribution in [0.2, 0.25) is 0 Å². The third kappa shape index (κ3) is 2.30. The van der Waals surface area contributed by atoms with Crippen molar-refractivity contribution in [1.29, 1.82) is 0 Å². The van der Waals surface area contributed by atoms with Gasteiger partial charge in [-0.05, 0) is 18.8 Å². The minimum Gasteiger partial charge on any atom is -0.337 e. The number of allylic oxidation sites excluding steroid dienone is 1. The highest BCUT2D eigenvalue weighted by atomic mass is 16.2. The van der Waals surface area contributed by atoms with Crippen LogP contribution in [-0.4, -0.2) is 40.6 Å². The molecule has 5 nitrogen and oxygen atoms in total. The van der Waals surface area contributed by atoms with Gasteiger partial charge >= 0.3 is 0 Å². The van der Waals surface area contributed by atoms with E-state index in [2.05, 4.69) is 22.1 Å². The number of amides is 1. The van der Waals surface area contributed by atoms with Gasteiger partial charge in [-0.3, -0.25) is 9.89 Å². The molecule has 5 heteroatoms. The van der Waals surface area contributed by atoms with E-state index in [4.69, 9.17) is 0 Å².